The maximum atomic E-state index is 11.6. The lowest BCUT2D eigenvalue weighted by Gasteiger charge is -2.10. The Morgan fingerprint density at radius 1 is 1.35 bits per heavy atom. The van der Waals surface area contributed by atoms with Crippen molar-refractivity contribution >= 4 is 27.1 Å². The van der Waals surface area contributed by atoms with Gasteiger partial charge in [-0.05, 0) is 32.0 Å². The van der Waals surface area contributed by atoms with Crippen LogP contribution < -0.4 is 5.32 Å². The molecule has 2 aromatic rings. The van der Waals surface area contributed by atoms with Crippen LogP contribution in [0.15, 0.2) is 23.1 Å². The van der Waals surface area contributed by atoms with Gasteiger partial charge in [0, 0.05) is 24.1 Å². The number of rotatable bonds is 4. The van der Waals surface area contributed by atoms with Gasteiger partial charge in [0.15, 0.2) is 9.84 Å². The number of nitrogens with one attached hydrogen (secondary N) is 2. The fourth-order valence-corrected chi connectivity index (χ4v) is 2.72. The molecule has 0 saturated heterocycles. The number of aromatic nitrogens is 2. The van der Waals surface area contributed by atoms with E-state index in [2.05, 4.69) is 15.5 Å². The van der Waals surface area contributed by atoms with Crippen molar-refractivity contribution in [2.24, 2.45) is 0 Å². The molecule has 1 aromatic heterocycles. The first kappa shape index (κ1) is 14.9. The number of hydrogen-bond acceptors (Lipinski definition) is 4. The third kappa shape index (κ3) is 3.13. The summed E-state index contributed by atoms with van der Waals surface area (Å²) in [6.07, 6.45) is 1.17. The molecular formula is C13H16ClN3O2S. The third-order valence-corrected chi connectivity index (χ3v) is 4.54. The van der Waals surface area contributed by atoms with Crippen molar-refractivity contribution in [1.82, 2.24) is 10.2 Å². The number of nitrogens with zero attached hydrogens (tertiary/aromatic N) is 1. The lowest BCUT2D eigenvalue weighted by molar-refractivity contribution is 0.602. The van der Waals surface area contributed by atoms with Crippen LogP contribution in [-0.2, 0) is 16.4 Å². The van der Waals surface area contributed by atoms with Gasteiger partial charge in [-0.25, -0.2) is 8.42 Å². The second-order valence-electron chi connectivity index (χ2n) is 4.68. The lowest BCUT2D eigenvalue weighted by atomic mass is 10.2. The Bertz CT molecular complexity index is 719. The van der Waals surface area contributed by atoms with Crippen LogP contribution in [0.4, 0.5) is 5.69 Å². The number of H-pyrrole nitrogens is 1. The first-order chi connectivity index (χ1) is 9.29. The first-order valence-corrected chi connectivity index (χ1v) is 8.30. The fraction of sp³-hybridized carbons (Fsp3) is 0.308. The summed E-state index contributed by atoms with van der Waals surface area (Å²) >= 11 is 6.09. The highest BCUT2D eigenvalue weighted by Gasteiger charge is 2.11. The van der Waals surface area contributed by atoms with Crippen molar-refractivity contribution in [2.45, 2.75) is 25.3 Å². The molecule has 0 aliphatic carbocycles. The average molecular weight is 314 g/mol. The van der Waals surface area contributed by atoms with E-state index in [4.69, 9.17) is 11.6 Å². The summed E-state index contributed by atoms with van der Waals surface area (Å²) in [4.78, 5) is 0.241. The Morgan fingerprint density at radius 2 is 2.05 bits per heavy atom. The number of aryl methyl sites for hydroxylation is 2. The van der Waals surface area contributed by atoms with Crippen LogP contribution >= 0.6 is 11.6 Å². The van der Waals surface area contributed by atoms with Crippen molar-refractivity contribution in [1.29, 1.82) is 0 Å². The zero-order chi connectivity index (χ0) is 14.9. The molecule has 0 bridgehead atoms. The summed E-state index contributed by atoms with van der Waals surface area (Å²) in [6.45, 7) is 4.38. The predicted molar refractivity (Wildman–Crippen MR) is 80.0 cm³/mol. The number of hydrogen-bond donors (Lipinski definition) is 2. The highest BCUT2D eigenvalue weighted by atomic mass is 35.5. The summed E-state index contributed by atoms with van der Waals surface area (Å²) < 4.78 is 23.1. The normalized spacial score (nSPS) is 11.6. The van der Waals surface area contributed by atoms with E-state index in [1.54, 1.807) is 12.1 Å². The maximum Gasteiger partial charge on any atom is 0.175 e. The monoisotopic (exact) mass is 313 g/mol. The smallest absolute Gasteiger partial charge is 0.175 e. The van der Waals surface area contributed by atoms with Gasteiger partial charge < -0.3 is 5.32 Å². The Morgan fingerprint density at radius 3 is 2.60 bits per heavy atom. The van der Waals surface area contributed by atoms with E-state index < -0.39 is 9.84 Å². The van der Waals surface area contributed by atoms with Gasteiger partial charge in [0.2, 0.25) is 0 Å². The highest BCUT2D eigenvalue weighted by Crippen LogP contribution is 2.26. The second-order valence-corrected chi connectivity index (χ2v) is 7.10. The Labute approximate surface area is 123 Å². The molecule has 0 fully saturated rings. The highest BCUT2D eigenvalue weighted by molar-refractivity contribution is 7.90. The van der Waals surface area contributed by atoms with E-state index in [0.29, 0.717) is 17.3 Å². The molecule has 0 saturated carbocycles. The van der Waals surface area contributed by atoms with Gasteiger partial charge >= 0.3 is 0 Å². The molecule has 0 aliphatic heterocycles. The van der Waals surface area contributed by atoms with Crippen LogP contribution in [0, 0.1) is 13.8 Å². The van der Waals surface area contributed by atoms with Crippen LogP contribution in [0.1, 0.15) is 17.0 Å². The van der Waals surface area contributed by atoms with E-state index in [-0.39, 0.29) is 4.90 Å². The summed E-state index contributed by atoms with van der Waals surface area (Å²) in [5.41, 5.74) is 3.52. The Hall–Kier alpha value is -1.53. The number of sulfone groups is 1. The zero-order valence-corrected chi connectivity index (χ0v) is 13.1. The zero-order valence-electron chi connectivity index (χ0n) is 11.5. The molecule has 0 unspecified atom stereocenters. The van der Waals surface area contributed by atoms with Gasteiger partial charge in [-0.2, -0.15) is 5.10 Å². The molecule has 2 rings (SSSR count). The number of halogens is 1. The van der Waals surface area contributed by atoms with Crippen LogP contribution in [0.2, 0.25) is 5.02 Å². The maximum absolute atomic E-state index is 11.6. The summed E-state index contributed by atoms with van der Waals surface area (Å²) in [5, 5.41) is 10.7. The van der Waals surface area contributed by atoms with Gasteiger partial charge in [0.25, 0.3) is 0 Å². The number of benzene rings is 1. The molecule has 7 heteroatoms. The quantitative estimate of drug-likeness (QED) is 0.910. The molecule has 0 amide bonds. The topological polar surface area (TPSA) is 74.8 Å². The van der Waals surface area contributed by atoms with Crippen molar-refractivity contribution < 1.29 is 8.42 Å². The molecule has 0 radical (unpaired) electrons. The van der Waals surface area contributed by atoms with Gasteiger partial charge in [-0.3, -0.25) is 5.10 Å². The lowest BCUT2D eigenvalue weighted by Crippen LogP contribution is -2.04. The van der Waals surface area contributed by atoms with Crippen LogP contribution in [0.5, 0.6) is 0 Å². The van der Waals surface area contributed by atoms with E-state index in [1.165, 1.54) is 12.3 Å². The van der Waals surface area contributed by atoms with Crippen molar-refractivity contribution in [3.63, 3.8) is 0 Å². The second kappa shape index (κ2) is 5.46. The van der Waals surface area contributed by atoms with Gasteiger partial charge in [0.1, 0.15) is 0 Å². The third-order valence-electron chi connectivity index (χ3n) is 3.10. The van der Waals surface area contributed by atoms with E-state index in [1.807, 2.05) is 13.8 Å². The first-order valence-electron chi connectivity index (χ1n) is 6.03. The minimum absolute atomic E-state index is 0.241. The molecule has 0 aliphatic rings. The molecule has 5 nitrogen and oxygen atoms in total. The molecule has 108 valence electrons. The minimum Gasteiger partial charge on any atom is -0.380 e. The molecule has 20 heavy (non-hydrogen) atoms. The van der Waals surface area contributed by atoms with E-state index >= 15 is 0 Å². The Balaban J connectivity index is 2.26. The molecular weight excluding hydrogens is 298 g/mol. The van der Waals surface area contributed by atoms with Gasteiger partial charge in [-0.15, -0.1) is 0 Å². The van der Waals surface area contributed by atoms with Gasteiger partial charge in [-0.1, -0.05) is 11.6 Å². The largest absolute Gasteiger partial charge is 0.380 e. The summed E-state index contributed by atoms with van der Waals surface area (Å²) in [6, 6.07) is 4.62. The number of aromatic amines is 1. The molecule has 0 atom stereocenters. The van der Waals surface area contributed by atoms with Crippen molar-refractivity contribution in [3.05, 3.63) is 40.2 Å². The fourth-order valence-electron chi connectivity index (χ4n) is 1.89. The minimum atomic E-state index is -3.25. The van der Waals surface area contributed by atoms with E-state index in [0.717, 1.165) is 17.0 Å². The standard InChI is InChI=1S/C13H16ClN3O2S/c1-8-11(9(2)17-16-8)7-15-13-6-10(20(3,18)19)4-5-12(13)14/h4-6,15H,7H2,1-3H3,(H,16,17). The predicted octanol–water partition coefficient (Wildman–Crippen LogP) is 2.70. The van der Waals surface area contributed by atoms with Gasteiger partial charge in [0.05, 0.1) is 21.3 Å². The summed E-state index contributed by atoms with van der Waals surface area (Å²) in [7, 11) is -3.25. The molecule has 1 heterocycles. The molecule has 0 spiro atoms. The summed E-state index contributed by atoms with van der Waals surface area (Å²) in [5.74, 6) is 0. The average Bonchev–Trinajstić information content (AvgIpc) is 2.67. The SMILES string of the molecule is Cc1n[nH]c(C)c1CNc1cc(S(C)(=O)=O)ccc1Cl. The van der Waals surface area contributed by atoms with Crippen molar-refractivity contribution in [2.75, 3.05) is 11.6 Å². The van der Waals surface area contributed by atoms with Crippen LogP contribution in [-0.4, -0.2) is 24.9 Å². The molecule has 1 aromatic carbocycles. The van der Waals surface area contributed by atoms with Crippen LogP contribution in [0.3, 0.4) is 0 Å². The Kier molecular flexibility index (Phi) is 4.06. The number of anilines is 1. The van der Waals surface area contributed by atoms with Crippen molar-refractivity contribution in [3.8, 4) is 0 Å². The van der Waals surface area contributed by atoms with E-state index in [9.17, 15) is 8.42 Å². The molecule has 2 N–H and O–H groups in total. The van der Waals surface area contributed by atoms with Crippen LogP contribution in [0.25, 0.3) is 0 Å².